The van der Waals surface area contributed by atoms with Gasteiger partial charge in [-0.15, -0.1) is 0 Å². The molecule has 0 heterocycles. The topological polar surface area (TPSA) is 66.4 Å². The lowest BCUT2D eigenvalue weighted by molar-refractivity contribution is -0.118. The smallest absolute Gasteiger partial charge is 0.337 e. The van der Waals surface area contributed by atoms with Crippen LogP contribution < -0.4 is 5.32 Å². The molecule has 2 N–H and O–H groups in total. The summed E-state index contributed by atoms with van der Waals surface area (Å²) in [4.78, 5) is 21.3. The molecule has 5 heteroatoms. The molecule has 0 spiro atoms. The molecule has 0 unspecified atom stereocenters. The van der Waals surface area contributed by atoms with Crippen molar-refractivity contribution in [3.63, 3.8) is 0 Å². The highest BCUT2D eigenvalue weighted by atomic mass is 35.5. The maximum atomic E-state index is 10.7. The molecule has 1 rings (SSSR count). The van der Waals surface area contributed by atoms with E-state index in [1.807, 2.05) is 0 Å². The summed E-state index contributed by atoms with van der Waals surface area (Å²) in [5, 5.41) is 11.6. The molecule has 4 nitrogen and oxygen atoms in total. The van der Waals surface area contributed by atoms with Gasteiger partial charge in [-0.3, -0.25) is 4.79 Å². The first-order valence-corrected chi connectivity index (χ1v) is 5.64. The maximum absolute atomic E-state index is 10.7. The first kappa shape index (κ1) is 14.1. The minimum atomic E-state index is -1.06. The van der Waals surface area contributed by atoms with Gasteiger partial charge < -0.3 is 10.4 Å². The highest BCUT2D eigenvalue weighted by molar-refractivity contribution is 6.33. The Morgan fingerprint density at radius 2 is 2.17 bits per heavy atom. The number of hydrogen-bond acceptors (Lipinski definition) is 2. The van der Waals surface area contributed by atoms with E-state index in [0.717, 1.165) is 0 Å². The van der Waals surface area contributed by atoms with Crippen molar-refractivity contribution < 1.29 is 14.7 Å². The first-order chi connectivity index (χ1) is 8.50. The Bertz CT molecular complexity index is 529. The van der Waals surface area contributed by atoms with Crippen molar-refractivity contribution in [2.75, 3.05) is 6.54 Å². The number of carboxylic acids is 1. The number of aromatic carboxylic acids is 1. The Morgan fingerprint density at radius 3 is 2.72 bits per heavy atom. The van der Waals surface area contributed by atoms with Gasteiger partial charge in [-0.2, -0.15) is 0 Å². The van der Waals surface area contributed by atoms with Crippen LogP contribution in [-0.4, -0.2) is 23.5 Å². The number of halogens is 1. The molecular formula is C13H12ClNO3. The molecule has 0 saturated carbocycles. The van der Waals surface area contributed by atoms with Crippen molar-refractivity contribution in [2.24, 2.45) is 0 Å². The molecule has 0 aromatic heterocycles. The predicted octanol–water partition coefficient (Wildman–Crippen LogP) is 1.92. The number of nitrogens with one attached hydrogen (secondary N) is 1. The second kappa shape index (κ2) is 6.67. The third-order valence-corrected chi connectivity index (χ3v) is 2.37. The summed E-state index contributed by atoms with van der Waals surface area (Å²) in [6, 6.07) is 4.53. The van der Waals surface area contributed by atoms with Gasteiger partial charge in [0.15, 0.2) is 0 Å². The largest absolute Gasteiger partial charge is 0.478 e. The second-order valence-electron chi connectivity index (χ2n) is 3.53. The van der Waals surface area contributed by atoms with Crippen molar-refractivity contribution >= 4 is 23.5 Å². The molecule has 0 aliphatic carbocycles. The molecule has 1 aromatic carbocycles. The number of benzene rings is 1. The van der Waals surface area contributed by atoms with Crippen LogP contribution in [0.3, 0.4) is 0 Å². The van der Waals surface area contributed by atoms with Gasteiger partial charge >= 0.3 is 5.97 Å². The summed E-state index contributed by atoms with van der Waals surface area (Å²) in [5.74, 6) is 4.55. The first-order valence-electron chi connectivity index (χ1n) is 5.27. The van der Waals surface area contributed by atoms with Crippen LogP contribution in [0.1, 0.15) is 29.3 Å². The number of carboxylic acid groups (broad SMARTS) is 1. The van der Waals surface area contributed by atoms with Crippen LogP contribution in [0.2, 0.25) is 5.02 Å². The zero-order valence-corrected chi connectivity index (χ0v) is 10.5. The van der Waals surface area contributed by atoms with E-state index in [4.69, 9.17) is 16.7 Å². The van der Waals surface area contributed by atoms with E-state index in [1.54, 1.807) is 6.07 Å². The quantitative estimate of drug-likeness (QED) is 0.648. The van der Waals surface area contributed by atoms with Gasteiger partial charge in [-0.05, 0) is 18.2 Å². The molecule has 0 saturated heterocycles. The molecule has 1 aromatic rings. The normalized spacial score (nSPS) is 9.22. The predicted molar refractivity (Wildman–Crippen MR) is 68.6 cm³/mol. The molecule has 0 aliphatic rings. The Labute approximate surface area is 110 Å². The summed E-state index contributed by atoms with van der Waals surface area (Å²) >= 11 is 5.80. The standard InChI is InChI=1S/C13H12ClNO3/c1-9(16)15-7-3-2-4-10-5-6-11(13(17)18)12(14)8-10/h5-6,8H,3,7H2,1H3,(H,15,16)(H,17,18). The minimum Gasteiger partial charge on any atom is -0.478 e. The van der Waals surface area contributed by atoms with E-state index >= 15 is 0 Å². The maximum Gasteiger partial charge on any atom is 0.337 e. The van der Waals surface area contributed by atoms with Gasteiger partial charge in [0.05, 0.1) is 10.6 Å². The summed E-state index contributed by atoms with van der Waals surface area (Å²) in [5.41, 5.74) is 0.702. The monoisotopic (exact) mass is 265 g/mol. The van der Waals surface area contributed by atoms with E-state index < -0.39 is 5.97 Å². The number of hydrogen-bond donors (Lipinski definition) is 2. The van der Waals surface area contributed by atoms with Crippen molar-refractivity contribution in [1.29, 1.82) is 0 Å². The van der Waals surface area contributed by atoms with Gasteiger partial charge in [0.2, 0.25) is 5.91 Å². The highest BCUT2D eigenvalue weighted by Crippen LogP contribution is 2.17. The molecule has 0 radical (unpaired) electrons. The number of carbonyl (C=O) groups is 2. The third kappa shape index (κ3) is 4.48. The lowest BCUT2D eigenvalue weighted by atomic mass is 10.1. The van der Waals surface area contributed by atoms with Gasteiger partial charge in [-0.25, -0.2) is 4.79 Å². The summed E-state index contributed by atoms with van der Waals surface area (Å²) < 4.78 is 0. The van der Waals surface area contributed by atoms with Gasteiger partial charge in [-0.1, -0.05) is 23.4 Å². The fourth-order valence-electron chi connectivity index (χ4n) is 1.23. The molecule has 0 atom stereocenters. The molecule has 0 fully saturated rings. The zero-order valence-electron chi connectivity index (χ0n) is 9.79. The Balaban J connectivity index is 2.64. The van der Waals surface area contributed by atoms with Crippen LogP contribution in [0, 0.1) is 11.8 Å². The van der Waals surface area contributed by atoms with E-state index in [-0.39, 0.29) is 16.5 Å². The van der Waals surface area contributed by atoms with Crippen LogP contribution in [0.4, 0.5) is 0 Å². The Morgan fingerprint density at radius 1 is 1.44 bits per heavy atom. The number of amides is 1. The summed E-state index contributed by atoms with van der Waals surface area (Å²) in [6.45, 7) is 1.93. The fourth-order valence-corrected chi connectivity index (χ4v) is 1.49. The number of carbonyl (C=O) groups excluding carboxylic acids is 1. The van der Waals surface area contributed by atoms with Crippen molar-refractivity contribution in [2.45, 2.75) is 13.3 Å². The van der Waals surface area contributed by atoms with Gasteiger partial charge in [0.1, 0.15) is 0 Å². The van der Waals surface area contributed by atoms with Crippen LogP contribution in [0.15, 0.2) is 18.2 Å². The molecule has 0 aliphatic heterocycles. The van der Waals surface area contributed by atoms with E-state index in [1.165, 1.54) is 19.1 Å². The van der Waals surface area contributed by atoms with Crippen LogP contribution in [-0.2, 0) is 4.79 Å². The van der Waals surface area contributed by atoms with Gasteiger partial charge in [0.25, 0.3) is 0 Å². The molecule has 0 bridgehead atoms. The van der Waals surface area contributed by atoms with Crippen LogP contribution in [0.5, 0.6) is 0 Å². The molecule has 94 valence electrons. The minimum absolute atomic E-state index is 0.0560. The Kier molecular flexibility index (Phi) is 5.22. The lowest BCUT2D eigenvalue weighted by Crippen LogP contribution is -2.20. The SMILES string of the molecule is CC(=O)NCCC#Cc1ccc(C(=O)O)c(Cl)c1. The zero-order chi connectivity index (χ0) is 13.5. The number of rotatable bonds is 3. The van der Waals surface area contributed by atoms with E-state index in [2.05, 4.69) is 17.2 Å². The summed E-state index contributed by atoms with van der Waals surface area (Å²) in [7, 11) is 0. The van der Waals surface area contributed by atoms with Crippen molar-refractivity contribution in [3.8, 4) is 11.8 Å². The molecule has 18 heavy (non-hydrogen) atoms. The van der Waals surface area contributed by atoms with Gasteiger partial charge in [0, 0.05) is 25.5 Å². The van der Waals surface area contributed by atoms with Crippen LogP contribution >= 0.6 is 11.6 Å². The van der Waals surface area contributed by atoms with Crippen molar-refractivity contribution in [1.82, 2.24) is 5.32 Å². The second-order valence-corrected chi connectivity index (χ2v) is 3.94. The lowest BCUT2D eigenvalue weighted by Gasteiger charge is -1.98. The average Bonchev–Trinajstić information content (AvgIpc) is 2.27. The van der Waals surface area contributed by atoms with E-state index in [9.17, 15) is 9.59 Å². The highest BCUT2D eigenvalue weighted by Gasteiger charge is 2.07. The van der Waals surface area contributed by atoms with E-state index in [0.29, 0.717) is 18.5 Å². The fraction of sp³-hybridized carbons (Fsp3) is 0.231. The molecule has 1 amide bonds. The average molecular weight is 266 g/mol. The Hall–Kier alpha value is -1.99. The molecular weight excluding hydrogens is 254 g/mol. The van der Waals surface area contributed by atoms with Crippen LogP contribution in [0.25, 0.3) is 0 Å². The summed E-state index contributed by atoms with van der Waals surface area (Å²) in [6.07, 6.45) is 0.526. The van der Waals surface area contributed by atoms with Crippen molar-refractivity contribution in [3.05, 3.63) is 34.3 Å². The third-order valence-electron chi connectivity index (χ3n) is 2.06.